The zero-order chi connectivity index (χ0) is 12.3. The average molecular weight is 300 g/mol. The second-order valence-corrected chi connectivity index (χ2v) is 5.95. The Bertz CT molecular complexity index is 386. The Morgan fingerprint density at radius 2 is 1.94 bits per heavy atom. The standard InChI is InChI=1S/C14H19BrFN/c15-13-11(5-4-6-12(13)16)9-14(10-17)7-2-1-3-8-14/h4-6H,1-3,7-10,17H2. The molecule has 0 radical (unpaired) electrons. The molecule has 1 nitrogen and oxygen atoms in total. The van der Waals surface area contributed by atoms with E-state index in [4.69, 9.17) is 5.73 Å². The lowest BCUT2D eigenvalue weighted by atomic mass is 9.70. The molecule has 2 rings (SSSR count). The second kappa shape index (κ2) is 5.49. The summed E-state index contributed by atoms with van der Waals surface area (Å²) in [5.74, 6) is -0.175. The van der Waals surface area contributed by atoms with Gasteiger partial charge in [-0.05, 0) is 58.8 Å². The van der Waals surface area contributed by atoms with Gasteiger partial charge in [-0.3, -0.25) is 0 Å². The molecule has 0 heterocycles. The fraction of sp³-hybridized carbons (Fsp3) is 0.571. The van der Waals surface area contributed by atoms with Gasteiger partial charge in [-0.2, -0.15) is 0 Å². The van der Waals surface area contributed by atoms with Gasteiger partial charge >= 0.3 is 0 Å². The van der Waals surface area contributed by atoms with Crippen LogP contribution in [-0.2, 0) is 6.42 Å². The summed E-state index contributed by atoms with van der Waals surface area (Å²) < 4.78 is 14.1. The first-order valence-corrected chi connectivity index (χ1v) is 7.09. The summed E-state index contributed by atoms with van der Waals surface area (Å²) in [4.78, 5) is 0. The molecule has 1 aromatic carbocycles. The number of hydrogen-bond acceptors (Lipinski definition) is 1. The molecule has 0 amide bonds. The molecule has 0 saturated heterocycles. The van der Waals surface area contributed by atoms with Crippen molar-refractivity contribution in [3.8, 4) is 0 Å². The highest BCUT2D eigenvalue weighted by atomic mass is 79.9. The molecule has 0 spiro atoms. The summed E-state index contributed by atoms with van der Waals surface area (Å²) >= 11 is 3.34. The van der Waals surface area contributed by atoms with E-state index < -0.39 is 0 Å². The molecule has 3 heteroatoms. The van der Waals surface area contributed by atoms with Crippen molar-refractivity contribution >= 4 is 15.9 Å². The summed E-state index contributed by atoms with van der Waals surface area (Å²) in [6.07, 6.45) is 7.06. The molecule has 0 aromatic heterocycles. The third kappa shape index (κ3) is 2.89. The van der Waals surface area contributed by atoms with Crippen LogP contribution in [0.25, 0.3) is 0 Å². The number of hydrogen-bond donors (Lipinski definition) is 1. The van der Waals surface area contributed by atoms with E-state index in [1.54, 1.807) is 6.07 Å². The Kier molecular flexibility index (Phi) is 4.21. The lowest BCUT2D eigenvalue weighted by molar-refractivity contribution is 0.197. The molecule has 1 aromatic rings. The highest BCUT2D eigenvalue weighted by Crippen LogP contribution is 2.39. The first kappa shape index (κ1) is 13.0. The van der Waals surface area contributed by atoms with Crippen molar-refractivity contribution < 1.29 is 4.39 Å². The molecular formula is C14H19BrFN. The largest absolute Gasteiger partial charge is 0.330 e. The first-order chi connectivity index (χ1) is 8.17. The Hall–Kier alpha value is -0.410. The highest BCUT2D eigenvalue weighted by molar-refractivity contribution is 9.10. The van der Waals surface area contributed by atoms with Crippen LogP contribution in [0, 0.1) is 11.2 Å². The Morgan fingerprint density at radius 1 is 1.24 bits per heavy atom. The molecule has 1 aliphatic carbocycles. The minimum Gasteiger partial charge on any atom is -0.330 e. The van der Waals surface area contributed by atoms with Gasteiger partial charge in [-0.15, -0.1) is 0 Å². The number of halogens is 2. The Morgan fingerprint density at radius 3 is 2.59 bits per heavy atom. The monoisotopic (exact) mass is 299 g/mol. The molecule has 0 unspecified atom stereocenters. The van der Waals surface area contributed by atoms with Crippen LogP contribution >= 0.6 is 15.9 Å². The van der Waals surface area contributed by atoms with Crippen molar-refractivity contribution in [2.75, 3.05) is 6.54 Å². The van der Waals surface area contributed by atoms with Gasteiger partial charge in [0, 0.05) is 0 Å². The molecule has 1 fully saturated rings. The normalized spacial score (nSPS) is 19.2. The molecule has 2 N–H and O–H groups in total. The maximum atomic E-state index is 13.5. The van der Waals surface area contributed by atoms with Crippen molar-refractivity contribution in [3.05, 3.63) is 34.1 Å². The molecule has 1 aliphatic rings. The van der Waals surface area contributed by atoms with Crippen LogP contribution in [0.15, 0.2) is 22.7 Å². The van der Waals surface area contributed by atoms with Gasteiger partial charge < -0.3 is 5.73 Å². The number of rotatable bonds is 3. The molecule has 0 aliphatic heterocycles. The Labute approximate surface area is 111 Å². The molecule has 0 atom stereocenters. The fourth-order valence-electron chi connectivity index (χ4n) is 2.84. The van der Waals surface area contributed by atoms with Crippen LogP contribution in [0.5, 0.6) is 0 Å². The van der Waals surface area contributed by atoms with Crippen LogP contribution in [0.1, 0.15) is 37.7 Å². The van der Waals surface area contributed by atoms with Crippen molar-refractivity contribution in [3.63, 3.8) is 0 Å². The van der Waals surface area contributed by atoms with E-state index in [0.29, 0.717) is 11.0 Å². The van der Waals surface area contributed by atoms with E-state index in [2.05, 4.69) is 15.9 Å². The number of benzene rings is 1. The van der Waals surface area contributed by atoms with Gasteiger partial charge in [-0.1, -0.05) is 31.4 Å². The predicted molar refractivity (Wildman–Crippen MR) is 72.4 cm³/mol. The topological polar surface area (TPSA) is 26.0 Å². The van der Waals surface area contributed by atoms with Crippen molar-refractivity contribution in [2.24, 2.45) is 11.1 Å². The lowest BCUT2D eigenvalue weighted by Crippen LogP contribution is -2.35. The van der Waals surface area contributed by atoms with Crippen molar-refractivity contribution in [1.29, 1.82) is 0 Å². The summed E-state index contributed by atoms with van der Waals surface area (Å²) in [6.45, 7) is 0.704. The van der Waals surface area contributed by atoms with Gasteiger partial charge in [0.2, 0.25) is 0 Å². The zero-order valence-electron chi connectivity index (χ0n) is 10.0. The van der Waals surface area contributed by atoms with Crippen molar-refractivity contribution in [2.45, 2.75) is 38.5 Å². The maximum Gasteiger partial charge on any atom is 0.137 e. The fourth-order valence-corrected chi connectivity index (χ4v) is 3.25. The minimum atomic E-state index is -0.175. The minimum absolute atomic E-state index is 0.175. The zero-order valence-corrected chi connectivity index (χ0v) is 11.6. The van der Waals surface area contributed by atoms with Crippen LogP contribution in [0.4, 0.5) is 4.39 Å². The summed E-state index contributed by atoms with van der Waals surface area (Å²) in [5, 5.41) is 0. The smallest absolute Gasteiger partial charge is 0.137 e. The van der Waals surface area contributed by atoms with E-state index in [1.807, 2.05) is 6.07 Å². The Balaban J connectivity index is 2.20. The van der Waals surface area contributed by atoms with Gasteiger partial charge in [0.15, 0.2) is 0 Å². The molecular weight excluding hydrogens is 281 g/mol. The highest BCUT2D eigenvalue weighted by Gasteiger charge is 2.31. The summed E-state index contributed by atoms with van der Waals surface area (Å²) in [5.41, 5.74) is 7.21. The van der Waals surface area contributed by atoms with E-state index >= 15 is 0 Å². The van der Waals surface area contributed by atoms with Gasteiger partial charge in [-0.25, -0.2) is 4.39 Å². The van der Waals surface area contributed by atoms with E-state index in [0.717, 1.165) is 12.0 Å². The lowest BCUT2D eigenvalue weighted by Gasteiger charge is -2.36. The molecule has 17 heavy (non-hydrogen) atoms. The van der Waals surface area contributed by atoms with E-state index in [9.17, 15) is 4.39 Å². The second-order valence-electron chi connectivity index (χ2n) is 5.15. The maximum absolute atomic E-state index is 13.5. The third-order valence-corrected chi connectivity index (χ3v) is 4.83. The van der Waals surface area contributed by atoms with Crippen LogP contribution in [0.3, 0.4) is 0 Å². The molecule has 94 valence electrons. The first-order valence-electron chi connectivity index (χ1n) is 6.30. The quantitative estimate of drug-likeness (QED) is 0.895. The third-order valence-electron chi connectivity index (χ3n) is 3.94. The van der Waals surface area contributed by atoms with Crippen molar-refractivity contribution in [1.82, 2.24) is 0 Å². The molecule has 0 bridgehead atoms. The van der Waals surface area contributed by atoms with Crippen LogP contribution < -0.4 is 5.73 Å². The summed E-state index contributed by atoms with van der Waals surface area (Å²) in [6, 6.07) is 5.27. The SMILES string of the molecule is NCC1(Cc2cccc(F)c2Br)CCCCC1. The number of nitrogens with two attached hydrogens (primary N) is 1. The van der Waals surface area contributed by atoms with E-state index in [1.165, 1.54) is 38.2 Å². The molecule has 1 saturated carbocycles. The summed E-state index contributed by atoms with van der Waals surface area (Å²) in [7, 11) is 0. The van der Waals surface area contributed by atoms with Gasteiger partial charge in [0.05, 0.1) is 4.47 Å². The van der Waals surface area contributed by atoms with Crippen LogP contribution in [0.2, 0.25) is 0 Å². The predicted octanol–water partition coefficient (Wildman–Crippen LogP) is 4.04. The van der Waals surface area contributed by atoms with Crippen LogP contribution in [-0.4, -0.2) is 6.54 Å². The van der Waals surface area contributed by atoms with Gasteiger partial charge in [0.25, 0.3) is 0 Å². The average Bonchev–Trinajstić information content (AvgIpc) is 2.36. The van der Waals surface area contributed by atoms with Gasteiger partial charge in [0.1, 0.15) is 5.82 Å². The van der Waals surface area contributed by atoms with E-state index in [-0.39, 0.29) is 11.2 Å².